The standard InChI is InChI=1S/C29H38N6/c1-4-7-9-17-24(13-5-2)29(25(20-32-28(30)33-29)22-14-10-8-11-15-22)26-21-35(6-3)34-27(26)23-16-12-18-31-19-23/h8,10-12,14-16,18-21,24H,4-7,9,13,17H2,1-3H3,(H3,30,32,33). The van der Waals surface area contributed by atoms with E-state index < -0.39 is 5.54 Å². The van der Waals surface area contributed by atoms with Gasteiger partial charge >= 0.3 is 0 Å². The molecule has 3 heterocycles. The minimum atomic E-state index is -0.654. The molecule has 35 heavy (non-hydrogen) atoms. The quantitative estimate of drug-likeness (QED) is 0.331. The maximum atomic E-state index is 6.46. The fourth-order valence-electron chi connectivity index (χ4n) is 5.33. The molecule has 4 rings (SSSR count). The van der Waals surface area contributed by atoms with E-state index in [0.29, 0.717) is 5.96 Å². The Hall–Kier alpha value is -3.41. The van der Waals surface area contributed by atoms with Crippen LogP contribution in [0.3, 0.4) is 0 Å². The zero-order chi connectivity index (χ0) is 24.7. The highest BCUT2D eigenvalue weighted by Crippen LogP contribution is 2.52. The topological polar surface area (TPSA) is 81.1 Å². The average molecular weight is 471 g/mol. The number of nitrogens with zero attached hydrogens (tertiary/aromatic N) is 4. The third-order valence-electron chi connectivity index (χ3n) is 6.97. The summed E-state index contributed by atoms with van der Waals surface area (Å²) in [5, 5.41) is 8.26. The van der Waals surface area contributed by atoms with E-state index >= 15 is 0 Å². The van der Waals surface area contributed by atoms with Crippen molar-refractivity contribution in [2.45, 2.75) is 71.4 Å². The van der Waals surface area contributed by atoms with Gasteiger partial charge in [0.1, 0.15) is 5.54 Å². The lowest BCUT2D eigenvalue weighted by Gasteiger charge is -2.42. The van der Waals surface area contributed by atoms with Crippen LogP contribution in [-0.4, -0.2) is 20.7 Å². The van der Waals surface area contributed by atoms with Crippen LogP contribution in [0, 0.1) is 5.92 Å². The Morgan fingerprint density at radius 3 is 2.46 bits per heavy atom. The molecule has 1 aliphatic rings. The number of aliphatic imine (C=N–C) groups is 1. The minimum absolute atomic E-state index is 0.274. The van der Waals surface area contributed by atoms with E-state index in [9.17, 15) is 0 Å². The van der Waals surface area contributed by atoms with Gasteiger partial charge < -0.3 is 11.1 Å². The Kier molecular flexibility index (Phi) is 8.01. The summed E-state index contributed by atoms with van der Waals surface area (Å²) < 4.78 is 2.02. The molecule has 0 radical (unpaired) electrons. The Morgan fingerprint density at radius 2 is 1.77 bits per heavy atom. The van der Waals surface area contributed by atoms with Crippen molar-refractivity contribution in [3.8, 4) is 11.3 Å². The van der Waals surface area contributed by atoms with Crippen molar-refractivity contribution in [3.05, 3.63) is 78.4 Å². The fourth-order valence-corrected chi connectivity index (χ4v) is 5.33. The second-order valence-corrected chi connectivity index (χ2v) is 9.30. The van der Waals surface area contributed by atoms with Crippen molar-refractivity contribution < 1.29 is 0 Å². The molecule has 3 aromatic rings. The SMILES string of the molecule is CCCCCC(CCC)C1(c2cn(CC)nc2-c2cccnc2)N=C(N)NC=C1c1ccccc1. The number of benzene rings is 1. The number of nitrogens with two attached hydrogens (primary N) is 1. The fraction of sp³-hybridized carbons (Fsp3) is 0.414. The zero-order valence-corrected chi connectivity index (χ0v) is 21.2. The molecule has 6 heteroatoms. The molecule has 0 spiro atoms. The number of guanidine groups is 1. The van der Waals surface area contributed by atoms with Gasteiger partial charge in [0, 0.05) is 48.0 Å². The number of rotatable bonds is 11. The number of hydrogen-bond donors (Lipinski definition) is 2. The number of pyridine rings is 1. The van der Waals surface area contributed by atoms with Crippen molar-refractivity contribution in [3.63, 3.8) is 0 Å². The molecule has 0 aliphatic carbocycles. The summed E-state index contributed by atoms with van der Waals surface area (Å²) in [7, 11) is 0. The molecule has 0 saturated carbocycles. The first-order chi connectivity index (χ1) is 17.1. The summed E-state index contributed by atoms with van der Waals surface area (Å²) in [6, 6.07) is 14.6. The van der Waals surface area contributed by atoms with Crippen LogP contribution in [-0.2, 0) is 12.1 Å². The first kappa shape index (κ1) is 24.7. The Morgan fingerprint density at radius 1 is 0.971 bits per heavy atom. The van der Waals surface area contributed by atoms with Crippen LogP contribution in [0.4, 0.5) is 0 Å². The lowest BCUT2D eigenvalue weighted by atomic mass is 9.67. The third-order valence-corrected chi connectivity index (χ3v) is 6.97. The molecule has 1 aliphatic heterocycles. The molecule has 6 nitrogen and oxygen atoms in total. The van der Waals surface area contributed by atoms with Crippen LogP contribution in [0.5, 0.6) is 0 Å². The second-order valence-electron chi connectivity index (χ2n) is 9.30. The Labute approximate surface area is 209 Å². The molecule has 0 saturated heterocycles. The number of aryl methyl sites for hydroxylation is 1. The normalized spacial score (nSPS) is 18.5. The van der Waals surface area contributed by atoms with Gasteiger partial charge in [0.15, 0.2) is 5.96 Å². The van der Waals surface area contributed by atoms with Crippen molar-refractivity contribution in [1.82, 2.24) is 20.1 Å². The molecule has 1 aromatic carbocycles. The monoisotopic (exact) mass is 470 g/mol. The molecule has 2 unspecified atom stereocenters. The first-order valence-corrected chi connectivity index (χ1v) is 13.0. The van der Waals surface area contributed by atoms with E-state index in [4.69, 9.17) is 15.8 Å². The molecular weight excluding hydrogens is 432 g/mol. The van der Waals surface area contributed by atoms with Gasteiger partial charge in [-0.25, -0.2) is 4.99 Å². The summed E-state index contributed by atoms with van der Waals surface area (Å²) in [5.74, 6) is 0.721. The molecule has 2 atom stereocenters. The first-order valence-electron chi connectivity index (χ1n) is 13.0. The van der Waals surface area contributed by atoms with Gasteiger partial charge in [-0.1, -0.05) is 69.9 Å². The highest BCUT2D eigenvalue weighted by Gasteiger charge is 2.48. The highest BCUT2D eigenvalue weighted by molar-refractivity contribution is 5.90. The van der Waals surface area contributed by atoms with Gasteiger partial charge in [0.2, 0.25) is 0 Å². The van der Waals surface area contributed by atoms with Crippen LogP contribution in [0.25, 0.3) is 16.8 Å². The van der Waals surface area contributed by atoms with Crippen LogP contribution in [0.15, 0.2) is 72.2 Å². The maximum Gasteiger partial charge on any atom is 0.193 e. The summed E-state index contributed by atoms with van der Waals surface area (Å²) in [6.07, 6.45) is 14.7. The van der Waals surface area contributed by atoms with E-state index in [1.165, 1.54) is 12.8 Å². The lowest BCUT2D eigenvalue weighted by Crippen LogP contribution is -2.44. The zero-order valence-electron chi connectivity index (χ0n) is 21.2. The molecular formula is C29H38N6. The van der Waals surface area contributed by atoms with Crippen LogP contribution in [0.1, 0.15) is 70.4 Å². The van der Waals surface area contributed by atoms with Crippen molar-refractivity contribution in [2.75, 3.05) is 0 Å². The summed E-state index contributed by atoms with van der Waals surface area (Å²) in [4.78, 5) is 9.72. The number of unbranched alkanes of at least 4 members (excludes halogenated alkanes) is 2. The van der Waals surface area contributed by atoms with E-state index in [-0.39, 0.29) is 5.92 Å². The van der Waals surface area contributed by atoms with Crippen LogP contribution < -0.4 is 11.1 Å². The smallest absolute Gasteiger partial charge is 0.193 e. The average Bonchev–Trinajstić information content (AvgIpc) is 3.34. The molecule has 0 amide bonds. The minimum Gasteiger partial charge on any atom is -0.370 e. The Balaban J connectivity index is 2.01. The van der Waals surface area contributed by atoms with Gasteiger partial charge in [0.05, 0.1) is 5.69 Å². The number of aromatic nitrogens is 3. The van der Waals surface area contributed by atoms with Gasteiger partial charge in [-0.3, -0.25) is 9.67 Å². The summed E-state index contributed by atoms with van der Waals surface area (Å²) in [5.41, 5.74) is 11.1. The molecule has 3 N–H and O–H groups in total. The summed E-state index contributed by atoms with van der Waals surface area (Å²) >= 11 is 0. The van der Waals surface area contributed by atoms with Gasteiger partial charge in [0.25, 0.3) is 0 Å². The van der Waals surface area contributed by atoms with E-state index in [1.54, 1.807) is 6.20 Å². The third kappa shape index (κ3) is 5.02. The highest BCUT2D eigenvalue weighted by atomic mass is 15.3. The molecule has 0 bridgehead atoms. The molecule has 2 aromatic heterocycles. The van der Waals surface area contributed by atoms with E-state index in [2.05, 4.69) is 79.9 Å². The van der Waals surface area contributed by atoms with E-state index in [0.717, 1.165) is 60.2 Å². The predicted octanol–water partition coefficient (Wildman–Crippen LogP) is 6.12. The van der Waals surface area contributed by atoms with Gasteiger partial charge in [-0.05, 0) is 43.4 Å². The largest absolute Gasteiger partial charge is 0.370 e. The summed E-state index contributed by atoms with van der Waals surface area (Å²) in [6.45, 7) is 7.42. The second kappa shape index (κ2) is 11.3. The lowest BCUT2D eigenvalue weighted by molar-refractivity contribution is 0.297. The van der Waals surface area contributed by atoms with Crippen molar-refractivity contribution >= 4 is 11.5 Å². The van der Waals surface area contributed by atoms with E-state index in [1.807, 2.05) is 16.9 Å². The van der Waals surface area contributed by atoms with Gasteiger partial charge in [-0.2, -0.15) is 5.10 Å². The molecule has 184 valence electrons. The molecule has 0 fully saturated rings. The predicted molar refractivity (Wildman–Crippen MR) is 145 cm³/mol. The Bertz CT molecular complexity index is 1150. The number of nitrogens with one attached hydrogen (secondary N) is 1. The number of hydrogen-bond acceptors (Lipinski definition) is 5. The maximum absolute atomic E-state index is 6.46. The van der Waals surface area contributed by atoms with Crippen LogP contribution >= 0.6 is 0 Å². The van der Waals surface area contributed by atoms with Crippen molar-refractivity contribution in [2.24, 2.45) is 16.6 Å². The van der Waals surface area contributed by atoms with Crippen LogP contribution in [0.2, 0.25) is 0 Å². The van der Waals surface area contributed by atoms with Gasteiger partial charge in [-0.15, -0.1) is 0 Å². The van der Waals surface area contributed by atoms with Crippen molar-refractivity contribution in [1.29, 1.82) is 0 Å².